The second-order valence-corrected chi connectivity index (χ2v) is 11.8. The van der Waals surface area contributed by atoms with E-state index < -0.39 is 0 Å². The molecule has 230 valence electrons. The smallest absolute Gasteiger partial charge is 0.121 e. The third-order valence-corrected chi connectivity index (χ3v) is 8.92. The lowest BCUT2D eigenvalue weighted by molar-refractivity contribution is 0.340. The van der Waals surface area contributed by atoms with E-state index >= 15 is 0 Å². The van der Waals surface area contributed by atoms with Gasteiger partial charge in [-0.05, 0) is 63.1 Å². The van der Waals surface area contributed by atoms with Crippen LogP contribution in [0.25, 0.3) is 43.6 Å². The van der Waals surface area contributed by atoms with Crippen LogP contribution in [0.15, 0.2) is 73.3 Å². The predicted octanol–water partition coefficient (Wildman–Crippen LogP) is 10.1. The average Bonchev–Trinajstić information content (AvgIpc) is 3.53. The minimum absolute atomic E-state index is 0.684. The van der Waals surface area contributed by atoms with Crippen molar-refractivity contribution in [3.63, 3.8) is 0 Å². The molecule has 0 amide bonds. The van der Waals surface area contributed by atoms with Gasteiger partial charge < -0.3 is 18.6 Å². The molecule has 0 radical (unpaired) electrons. The highest BCUT2D eigenvalue weighted by molar-refractivity contribution is 6.09. The van der Waals surface area contributed by atoms with Crippen molar-refractivity contribution in [3.05, 3.63) is 73.3 Å². The summed E-state index contributed by atoms with van der Waals surface area (Å²) >= 11 is 0. The van der Waals surface area contributed by atoms with E-state index in [4.69, 9.17) is 9.47 Å². The zero-order valence-electron chi connectivity index (χ0n) is 26.4. The van der Waals surface area contributed by atoms with Crippen molar-refractivity contribution < 1.29 is 9.47 Å². The van der Waals surface area contributed by atoms with Crippen LogP contribution in [0.2, 0.25) is 0 Å². The molecule has 0 aliphatic rings. The van der Waals surface area contributed by atoms with E-state index in [2.05, 4.69) is 67.6 Å². The van der Waals surface area contributed by atoms with Crippen LogP contribution in [-0.2, 0) is 13.1 Å². The first-order chi connectivity index (χ1) is 21.8. The Hall–Kier alpha value is -4.06. The molecule has 4 heterocycles. The van der Waals surface area contributed by atoms with Crippen molar-refractivity contribution in [1.29, 1.82) is 0 Å². The lowest BCUT2D eigenvalue weighted by Gasteiger charge is -2.09. The number of nitrogens with zero attached hydrogens (tertiary/aromatic N) is 4. The summed E-state index contributed by atoms with van der Waals surface area (Å²) in [6.45, 7) is 7.49. The van der Waals surface area contributed by atoms with Crippen LogP contribution in [0.1, 0.15) is 78.1 Å². The number of unbranched alkanes of at least 4 members (excludes halogenated alkanes) is 9. The van der Waals surface area contributed by atoms with Crippen molar-refractivity contribution in [2.75, 3.05) is 13.2 Å². The van der Waals surface area contributed by atoms with E-state index in [1.54, 1.807) is 0 Å². The van der Waals surface area contributed by atoms with Gasteiger partial charge in [0.25, 0.3) is 0 Å². The normalized spacial score (nSPS) is 11.8. The lowest BCUT2D eigenvalue weighted by Crippen LogP contribution is -1.99. The fourth-order valence-electron chi connectivity index (χ4n) is 6.79. The summed E-state index contributed by atoms with van der Waals surface area (Å²) in [6.07, 6.45) is 20.7. The van der Waals surface area contributed by atoms with Crippen LogP contribution in [0, 0.1) is 0 Å². The predicted molar refractivity (Wildman–Crippen MR) is 183 cm³/mol. The van der Waals surface area contributed by atoms with Gasteiger partial charge in [-0.25, -0.2) is 0 Å². The molecule has 4 aromatic heterocycles. The van der Waals surface area contributed by atoms with Crippen LogP contribution in [0.5, 0.6) is 11.5 Å². The fraction of sp³-hybridized carbons (Fsp3) is 0.421. The summed E-state index contributed by atoms with van der Waals surface area (Å²) in [4.78, 5) is 8.84. The number of pyridine rings is 2. The molecule has 0 bridgehead atoms. The molecule has 0 N–H and O–H groups in total. The summed E-state index contributed by atoms with van der Waals surface area (Å²) in [7, 11) is 0. The van der Waals surface area contributed by atoms with E-state index in [-0.39, 0.29) is 0 Å². The SMILES string of the molecule is CCOc1ccc2c3ccncc3n(CCCCCCCCCCCCn3c4cnccc4c4ccc(OCC)cc43)c2c1. The highest BCUT2D eigenvalue weighted by atomic mass is 16.5. The number of aryl methyl sites for hydroxylation is 2. The Morgan fingerprint density at radius 1 is 0.477 bits per heavy atom. The van der Waals surface area contributed by atoms with Gasteiger partial charge in [0, 0.05) is 59.2 Å². The van der Waals surface area contributed by atoms with E-state index in [1.165, 1.54) is 108 Å². The Morgan fingerprint density at radius 2 is 0.864 bits per heavy atom. The maximum atomic E-state index is 5.80. The molecule has 0 unspecified atom stereocenters. The van der Waals surface area contributed by atoms with Crippen LogP contribution in [0.3, 0.4) is 0 Å². The van der Waals surface area contributed by atoms with E-state index in [1.807, 2.05) is 38.6 Å². The van der Waals surface area contributed by atoms with Gasteiger partial charge in [0.15, 0.2) is 0 Å². The van der Waals surface area contributed by atoms with Crippen molar-refractivity contribution in [3.8, 4) is 11.5 Å². The molecule has 44 heavy (non-hydrogen) atoms. The molecule has 6 nitrogen and oxygen atoms in total. The minimum Gasteiger partial charge on any atom is -0.494 e. The highest BCUT2D eigenvalue weighted by Gasteiger charge is 2.13. The number of ether oxygens (including phenoxy) is 2. The van der Waals surface area contributed by atoms with Crippen LogP contribution < -0.4 is 9.47 Å². The van der Waals surface area contributed by atoms with Gasteiger partial charge in [-0.3, -0.25) is 9.97 Å². The van der Waals surface area contributed by atoms with E-state index in [9.17, 15) is 0 Å². The second kappa shape index (κ2) is 14.6. The standard InChI is InChI=1S/C38H46N4O2/c1-3-43-29-15-17-31-33-19-21-39-27-37(33)41(35(31)25-29)23-13-11-9-7-5-6-8-10-12-14-24-42-36-26-30(44-4-2)16-18-32(36)34-20-22-40-28-38(34)42/h15-22,25-28H,3-14,23-24H2,1-2H3. The van der Waals surface area contributed by atoms with E-state index in [0.717, 1.165) is 24.6 Å². The fourth-order valence-corrected chi connectivity index (χ4v) is 6.79. The Bertz CT molecular complexity index is 1680. The Balaban J connectivity index is 0.909. The third-order valence-electron chi connectivity index (χ3n) is 8.92. The van der Waals surface area contributed by atoms with Gasteiger partial charge >= 0.3 is 0 Å². The monoisotopic (exact) mass is 590 g/mol. The maximum Gasteiger partial charge on any atom is 0.121 e. The Labute approximate surface area is 261 Å². The van der Waals surface area contributed by atoms with Crippen LogP contribution in [0.4, 0.5) is 0 Å². The Kier molecular flexibility index (Phi) is 9.96. The number of hydrogen-bond donors (Lipinski definition) is 0. The molecular formula is C38H46N4O2. The zero-order valence-corrected chi connectivity index (χ0v) is 26.4. The first-order valence-electron chi connectivity index (χ1n) is 16.8. The van der Waals surface area contributed by atoms with Gasteiger partial charge in [0.1, 0.15) is 11.5 Å². The minimum atomic E-state index is 0.684. The number of rotatable bonds is 17. The quantitative estimate of drug-likeness (QED) is 0.0992. The van der Waals surface area contributed by atoms with Crippen LogP contribution in [-0.4, -0.2) is 32.3 Å². The molecule has 2 aromatic carbocycles. The van der Waals surface area contributed by atoms with Crippen molar-refractivity contribution in [1.82, 2.24) is 19.1 Å². The average molecular weight is 591 g/mol. The Morgan fingerprint density at radius 3 is 1.27 bits per heavy atom. The molecular weight excluding hydrogens is 544 g/mol. The summed E-state index contributed by atoms with van der Waals surface area (Å²) < 4.78 is 16.5. The summed E-state index contributed by atoms with van der Waals surface area (Å²) in [6, 6.07) is 17.2. The van der Waals surface area contributed by atoms with Crippen molar-refractivity contribution in [2.24, 2.45) is 0 Å². The number of benzene rings is 2. The zero-order chi connectivity index (χ0) is 30.1. The molecule has 0 fully saturated rings. The number of hydrogen-bond acceptors (Lipinski definition) is 4. The third kappa shape index (κ3) is 6.54. The maximum absolute atomic E-state index is 5.80. The molecule has 0 atom stereocenters. The molecule has 6 aromatic rings. The van der Waals surface area contributed by atoms with Gasteiger partial charge in [-0.15, -0.1) is 0 Å². The summed E-state index contributed by atoms with van der Waals surface area (Å²) in [5.74, 6) is 1.88. The highest BCUT2D eigenvalue weighted by Crippen LogP contribution is 2.33. The van der Waals surface area contributed by atoms with Crippen LogP contribution >= 0.6 is 0 Å². The second-order valence-electron chi connectivity index (χ2n) is 11.8. The summed E-state index contributed by atoms with van der Waals surface area (Å²) in [5.41, 5.74) is 4.95. The van der Waals surface area contributed by atoms with Gasteiger partial charge in [0.05, 0.1) is 47.7 Å². The van der Waals surface area contributed by atoms with E-state index in [0.29, 0.717) is 13.2 Å². The lowest BCUT2D eigenvalue weighted by atomic mass is 10.1. The molecule has 6 rings (SSSR count). The summed E-state index contributed by atoms with van der Waals surface area (Å²) in [5, 5.41) is 5.13. The largest absolute Gasteiger partial charge is 0.494 e. The molecule has 0 spiro atoms. The molecule has 0 saturated heterocycles. The van der Waals surface area contributed by atoms with Gasteiger partial charge in [0.2, 0.25) is 0 Å². The van der Waals surface area contributed by atoms with Gasteiger partial charge in [-0.1, -0.05) is 51.4 Å². The van der Waals surface area contributed by atoms with Crippen molar-refractivity contribution in [2.45, 2.75) is 91.1 Å². The van der Waals surface area contributed by atoms with Crippen molar-refractivity contribution >= 4 is 43.6 Å². The number of aromatic nitrogens is 4. The topological polar surface area (TPSA) is 54.1 Å². The molecule has 6 heteroatoms. The first-order valence-corrected chi connectivity index (χ1v) is 16.8. The number of fused-ring (bicyclic) bond motifs is 6. The molecule has 0 saturated carbocycles. The molecule has 0 aliphatic carbocycles. The van der Waals surface area contributed by atoms with Gasteiger partial charge in [-0.2, -0.15) is 0 Å². The molecule has 0 aliphatic heterocycles. The first kappa shape index (κ1) is 30.0.